The highest BCUT2D eigenvalue weighted by Gasteiger charge is 2.36. The number of nitrogens with zero attached hydrogens (tertiary/aromatic N) is 3. The normalized spacial score (nSPS) is 19.8. The Hall–Kier alpha value is -3.16. The van der Waals surface area contributed by atoms with Crippen molar-refractivity contribution in [1.29, 1.82) is 5.26 Å². The quantitative estimate of drug-likeness (QED) is 0.536. The van der Waals surface area contributed by atoms with Crippen molar-refractivity contribution in [3.8, 4) is 17.3 Å². The molecule has 3 heterocycles. The summed E-state index contributed by atoms with van der Waals surface area (Å²) in [6.07, 6.45) is -2.59. The predicted octanol–water partition coefficient (Wildman–Crippen LogP) is 2.65. The number of aliphatic hydroxyl groups is 1. The van der Waals surface area contributed by atoms with E-state index in [9.17, 15) is 18.3 Å². The van der Waals surface area contributed by atoms with Gasteiger partial charge in [-0.2, -0.15) is 18.4 Å². The van der Waals surface area contributed by atoms with Gasteiger partial charge in [0.15, 0.2) is 0 Å². The van der Waals surface area contributed by atoms with Gasteiger partial charge >= 0.3 is 6.18 Å². The Morgan fingerprint density at radius 1 is 1.31 bits per heavy atom. The van der Waals surface area contributed by atoms with E-state index in [-0.39, 0.29) is 17.2 Å². The summed E-state index contributed by atoms with van der Waals surface area (Å²) >= 11 is 0. The Morgan fingerprint density at radius 2 is 2.14 bits per heavy atom. The molecule has 0 unspecified atom stereocenters. The summed E-state index contributed by atoms with van der Waals surface area (Å²) < 4.78 is 40.8. The number of aliphatic hydroxyl groups excluding tert-OH is 1. The summed E-state index contributed by atoms with van der Waals surface area (Å²) in [6.45, 7) is 1.11. The molecule has 0 radical (unpaired) electrons. The molecule has 0 spiro atoms. The lowest BCUT2D eigenvalue weighted by Crippen LogP contribution is -2.48. The van der Waals surface area contributed by atoms with E-state index in [1.807, 2.05) is 6.07 Å². The first kappa shape index (κ1) is 19.2. The Bertz CT molecular complexity index is 1090. The van der Waals surface area contributed by atoms with Crippen LogP contribution in [0, 0.1) is 11.3 Å². The molecule has 10 heteroatoms. The maximum absolute atomic E-state index is 13.6. The molecule has 7 nitrogen and oxygen atoms in total. The molecule has 0 amide bonds. The predicted molar refractivity (Wildman–Crippen MR) is 99.9 cm³/mol. The summed E-state index contributed by atoms with van der Waals surface area (Å²) in [5.41, 5.74) is -0.0533. The number of rotatable bonds is 3. The Labute approximate surface area is 163 Å². The molecule has 1 aromatic carbocycles. The first-order chi connectivity index (χ1) is 13.9. The minimum absolute atomic E-state index is 0.00347. The molecule has 0 saturated carbocycles. The standard InChI is InChI=1S/C19H17F3N6O/c20-19(21,22)13-8-26-18(27-15-9-24-4-3-16(15)29)28-17(13)12-7-25-14-5-10(6-23)1-2-11(12)14/h1-2,5,7-8,15-16,24-25,29H,3-4,9H2,(H,26,27,28)/t15-,16-/m1/s1. The van der Waals surface area contributed by atoms with Gasteiger partial charge in [-0.25, -0.2) is 9.97 Å². The second-order valence-electron chi connectivity index (χ2n) is 6.84. The number of hydrogen-bond donors (Lipinski definition) is 4. The van der Waals surface area contributed by atoms with E-state index in [1.54, 1.807) is 12.1 Å². The van der Waals surface area contributed by atoms with Crippen LogP contribution in [-0.2, 0) is 6.18 Å². The van der Waals surface area contributed by atoms with Gasteiger partial charge < -0.3 is 20.7 Å². The summed E-state index contributed by atoms with van der Waals surface area (Å²) in [4.78, 5) is 10.9. The number of H-pyrrole nitrogens is 1. The topological polar surface area (TPSA) is 110 Å². The van der Waals surface area contributed by atoms with Crippen LogP contribution < -0.4 is 10.6 Å². The number of nitrogens with one attached hydrogen (secondary N) is 3. The van der Waals surface area contributed by atoms with Gasteiger partial charge in [0.2, 0.25) is 5.95 Å². The molecule has 0 bridgehead atoms. The van der Waals surface area contributed by atoms with Crippen molar-refractivity contribution in [3.63, 3.8) is 0 Å². The van der Waals surface area contributed by atoms with Gasteiger partial charge in [-0.1, -0.05) is 6.07 Å². The van der Waals surface area contributed by atoms with E-state index in [0.29, 0.717) is 36.0 Å². The average molecular weight is 402 g/mol. The monoisotopic (exact) mass is 402 g/mol. The second kappa shape index (κ2) is 7.35. The van der Waals surface area contributed by atoms with Crippen molar-refractivity contribution in [1.82, 2.24) is 20.3 Å². The van der Waals surface area contributed by atoms with Gasteiger partial charge in [-0.3, -0.25) is 0 Å². The number of aromatic amines is 1. The molecule has 1 saturated heterocycles. The molecule has 1 aliphatic heterocycles. The SMILES string of the molecule is N#Cc1ccc2c(-c3nc(N[C@@H]4CNCC[C@H]4O)ncc3C(F)(F)F)c[nH]c2c1. The van der Waals surface area contributed by atoms with E-state index >= 15 is 0 Å². The van der Waals surface area contributed by atoms with Crippen molar-refractivity contribution >= 4 is 16.9 Å². The van der Waals surface area contributed by atoms with E-state index < -0.39 is 23.9 Å². The summed E-state index contributed by atoms with van der Waals surface area (Å²) in [7, 11) is 0. The number of halogens is 3. The molecule has 0 aliphatic carbocycles. The van der Waals surface area contributed by atoms with Gasteiger partial charge in [-0.05, 0) is 25.1 Å². The number of fused-ring (bicyclic) bond motifs is 1. The second-order valence-corrected chi connectivity index (χ2v) is 6.84. The third kappa shape index (κ3) is 3.74. The van der Waals surface area contributed by atoms with E-state index in [0.717, 1.165) is 6.20 Å². The highest BCUT2D eigenvalue weighted by molar-refractivity contribution is 5.96. The van der Waals surface area contributed by atoms with Crippen molar-refractivity contribution in [2.24, 2.45) is 0 Å². The minimum Gasteiger partial charge on any atom is -0.391 e. The Balaban J connectivity index is 1.79. The zero-order valence-corrected chi connectivity index (χ0v) is 15.1. The van der Waals surface area contributed by atoms with Crippen LogP contribution in [0.5, 0.6) is 0 Å². The first-order valence-electron chi connectivity index (χ1n) is 8.98. The molecule has 2 atom stereocenters. The van der Waals surface area contributed by atoms with Crippen LogP contribution in [0.4, 0.5) is 19.1 Å². The number of benzene rings is 1. The van der Waals surface area contributed by atoms with Crippen molar-refractivity contribution in [2.45, 2.75) is 24.7 Å². The fourth-order valence-electron chi connectivity index (χ4n) is 3.41. The number of hydrogen-bond acceptors (Lipinski definition) is 6. The zero-order chi connectivity index (χ0) is 20.6. The lowest BCUT2D eigenvalue weighted by atomic mass is 10.0. The molecule has 4 N–H and O–H groups in total. The molecule has 1 aliphatic rings. The van der Waals surface area contributed by atoms with Gasteiger partial charge in [-0.15, -0.1) is 0 Å². The van der Waals surface area contributed by atoms with Crippen LogP contribution in [0.1, 0.15) is 17.5 Å². The summed E-state index contributed by atoms with van der Waals surface area (Å²) in [5, 5.41) is 25.7. The fraction of sp³-hybridized carbons (Fsp3) is 0.316. The Morgan fingerprint density at radius 3 is 2.86 bits per heavy atom. The fourth-order valence-corrected chi connectivity index (χ4v) is 3.41. The van der Waals surface area contributed by atoms with Crippen LogP contribution in [-0.4, -0.2) is 45.3 Å². The van der Waals surface area contributed by atoms with Gasteiger partial charge in [0.25, 0.3) is 0 Å². The van der Waals surface area contributed by atoms with E-state index in [2.05, 4.69) is 25.6 Å². The molecular weight excluding hydrogens is 385 g/mol. The van der Waals surface area contributed by atoms with Crippen LogP contribution in [0.2, 0.25) is 0 Å². The molecule has 1 fully saturated rings. The summed E-state index contributed by atoms with van der Waals surface area (Å²) in [5.74, 6) is 0.00347. The molecule has 150 valence electrons. The molecule has 3 aromatic rings. The van der Waals surface area contributed by atoms with Crippen molar-refractivity contribution in [3.05, 3.63) is 41.7 Å². The Kier molecular flexibility index (Phi) is 4.86. The summed E-state index contributed by atoms with van der Waals surface area (Å²) in [6, 6.07) is 6.28. The average Bonchev–Trinajstić information content (AvgIpc) is 3.12. The smallest absolute Gasteiger partial charge is 0.391 e. The van der Waals surface area contributed by atoms with E-state index in [1.165, 1.54) is 12.3 Å². The minimum atomic E-state index is -4.64. The van der Waals surface area contributed by atoms with Crippen molar-refractivity contribution < 1.29 is 18.3 Å². The van der Waals surface area contributed by atoms with Crippen molar-refractivity contribution in [2.75, 3.05) is 18.4 Å². The maximum Gasteiger partial charge on any atom is 0.419 e. The number of nitriles is 1. The van der Waals surface area contributed by atoms with Gasteiger partial charge in [0, 0.05) is 35.4 Å². The number of piperidine rings is 1. The largest absolute Gasteiger partial charge is 0.419 e. The van der Waals surface area contributed by atoms with Gasteiger partial charge in [0.1, 0.15) is 5.56 Å². The third-order valence-corrected chi connectivity index (χ3v) is 4.92. The highest BCUT2D eigenvalue weighted by atomic mass is 19.4. The zero-order valence-electron chi connectivity index (χ0n) is 15.1. The number of alkyl halides is 3. The first-order valence-corrected chi connectivity index (χ1v) is 8.98. The van der Waals surface area contributed by atoms with Gasteiger partial charge in [0.05, 0.1) is 29.5 Å². The maximum atomic E-state index is 13.6. The van der Waals surface area contributed by atoms with Crippen LogP contribution >= 0.6 is 0 Å². The van der Waals surface area contributed by atoms with Crippen LogP contribution in [0.3, 0.4) is 0 Å². The molecule has 4 rings (SSSR count). The van der Waals surface area contributed by atoms with Crippen LogP contribution in [0.15, 0.2) is 30.6 Å². The molecule has 2 aromatic heterocycles. The third-order valence-electron chi connectivity index (χ3n) is 4.92. The van der Waals surface area contributed by atoms with Crippen LogP contribution in [0.25, 0.3) is 22.2 Å². The number of anilines is 1. The lowest BCUT2D eigenvalue weighted by Gasteiger charge is -2.29. The number of aromatic nitrogens is 3. The van der Waals surface area contributed by atoms with E-state index in [4.69, 9.17) is 5.26 Å². The molecular formula is C19H17F3N6O. The highest BCUT2D eigenvalue weighted by Crippen LogP contribution is 2.38. The molecule has 29 heavy (non-hydrogen) atoms. The lowest BCUT2D eigenvalue weighted by molar-refractivity contribution is -0.137.